The van der Waals surface area contributed by atoms with Gasteiger partial charge in [-0.3, -0.25) is 9.59 Å². The van der Waals surface area contributed by atoms with Crippen LogP contribution in [0.2, 0.25) is 0 Å². The highest BCUT2D eigenvalue weighted by Crippen LogP contribution is 2.27. The van der Waals surface area contributed by atoms with Crippen LogP contribution in [-0.4, -0.2) is 23.0 Å². The smallest absolute Gasteiger partial charge is 0.306 e. The lowest BCUT2D eigenvalue weighted by Gasteiger charge is -2.32. The average molecular weight is 261 g/mol. The number of amides is 1. The number of hydrogen-bond acceptors (Lipinski definition) is 2. The van der Waals surface area contributed by atoms with E-state index in [4.69, 9.17) is 5.11 Å². The van der Waals surface area contributed by atoms with E-state index >= 15 is 0 Å². The Morgan fingerprint density at radius 2 is 2.11 bits per heavy atom. The molecule has 1 amide bonds. The number of rotatable bonds is 5. The molecule has 1 aromatic carbocycles. The van der Waals surface area contributed by atoms with Crippen molar-refractivity contribution in [3.05, 3.63) is 35.4 Å². The SMILES string of the molecule is Cc1cccc(CCC(=O)NC2CC(C(=O)O)C2)c1. The topological polar surface area (TPSA) is 66.4 Å². The highest BCUT2D eigenvalue weighted by molar-refractivity contribution is 5.77. The van der Waals surface area contributed by atoms with Crippen LogP contribution in [-0.2, 0) is 16.0 Å². The van der Waals surface area contributed by atoms with Crippen LogP contribution in [0.4, 0.5) is 0 Å². The molecule has 0 aliphatic heterocycles. The van der Waals surface area contributed by atoms with Crippen molar-refractivity contribution in [3.63, 3.8) is 0 Å². The van der Waals surface area contributed by atoms with Gasteiger partial charge < -0.3 is 10.4 Å². The summed E-state index contributed by atoms with van der Waals surface area (Å²) in [5.41, 5.74) is 2.35. The maximum absolute atomic E-state index is 11.7. The van der Waals surface area contributed by atoms with E-state index in [1.165, 1.54) is 5.56 Å². The van der Waals surface area contributed by atoms with Crippen LogP contribution in [0.5, 0.6) is 0 Å². The van der Waals surface area contributed by atoms with Gasteiger partial charge in [-0.05, 0) is 31.7 Å². The van der Waals surface area contributed by atoms with E-state index in [0.717, 1.165) is 12.0 Å². The fourth-order valence-electron chi connectivity index (χ4n) is 2.36. The molecule has 1 aliphatic carbocycles. The molecule has 1 saturated carbocycles. The van der Waals surface area contributed by atoms with Crippen LogP contribution in [0.15, 0.2) is 24.3 Å². The van der Waals surface area contributed by atoms with Gasteiger partial charge >= 0.3 is 5.97 Å². The first-order valence-electron chi connectivity index (χ1n) is 6.62. The molecule has 0 spiro atoms. The minimum Gasteiger partial charge on any atom is -0.481 e. The molecule has 19 heavy (non-hydrogen) atoms. The summed E-state index contributed by atoms with van der Waals surface area (Å²) >= 11 is 0. The van der Waals surface area contributed by atoms with E-state index in [9.17, 15) is 9.59 Å². The first-order chi connectivity index (χ1) is 9.04. The van der Waals surface area contributed by atoms with Gasteiger partial charge in [-0.25, -0.2) is 0 Å². The Kier molecular flexibility index (Phi) is 4.20. The number of aliphatic carboxylic acids is 1. The van der Waals surface area contributed by atoms with E-state index in [1.54, 1.807) is 0 Å². The average Bonchev–Trinajstić information content (AvgIpc) is 2.30. The summed E-state index contributed by atoms with van der Waals surface area (Å²) in [6.45, 7) is 2.03. The molecular formula is C15H19NO3. The Bertz CT molecular complexity index is 478. The number of carbonyl (C=O) groups is 2. The van der Waals surface area contributed by atoms with Crippen LogP contribution in [0.25, 0.3) is 0 Å². The molecule has 0 saturated heterocycles. The summed E-state index contributed by atoms with van der Waals surface area (Å²) in [6.07, 6.45) is 2.30. The zero-order valence-corrected chi connectivity index (χ0v) is 11.1. The molecule has 0 atom stereocenters. The van der Waals surface area contributed by atoms with E-state index in [1.807, 2.05) is 25.1 Å². The number of carboxylic acid groups (broad SMARTS) is 1. The minimum absolute atomic E-state index is 0.00958. The fourth-order valence-corrected chi connectivity index (χ4v) is 2.36. The van der Waals surface area contributed by atoms with Gasteiger partial charge in [0.2, 0.25) is 5.91 Å². The Hall–Kier alpha value is -1.84. The van der Waals surface area contributed by atoms with Crippen LogP contribution >= 0.6 is 0 Å². The molecule has 0 unspecified atom stereocenters. The Balaban J connectivity index is 1.70. The van der Waals surface area contributed by atoms with Gasteiger partial charge in [-0.15, -0.1) is 0 Å². The number of hydrogen-bond donors (Lipinski definition) is 2. The van der Waals surface area contributed by atoms with Crippen LogP contribution < -0.4 is 5.32 Å². The molecule has 2 rings (SSSR count). The van der Waals surface area contributed by atoms with Gasteiger partial charge in [-0.2, -0.15) is 0 Å². The van der Waals surface area contributed by atoms with E-state index in [2.05, 4.69) is 11.4 Å². The molecule has 2 N–H and O–H groups in total. The molecule has 0 heterocycles. The van der Waals surface area contributed by atoms with Gasteiger partial charge in [0.1, 0.15) is 0 Å². The summed E-state index contributed by atoms with van der Waals surface area (Å²) < 4.78 is 0. The molecule has 1 aliphatic rings. The minimum atomic E-state index is -0.759. The largest absolute Gasteiger partial charge is 0.481 e. The zero-order valence-electron chi connectivity index (χ0n) is 11.1. The molecule has 1 aromatic rings. The van der Waals surface area contributed by atoms with Crippen LogP contribution in [0, 0.1) is 12.8 Å². The van der Waals surface area contributed by atoms with Crippen molar-refractivity contribution in [1.29, 1.82) is 0 Å². The van der Waals surface area contributed by atoms with Gasteiger partial charge in [0.15, 0.2) is 0 Å². The van der Waals surface area contributed by atoms with Gasteiger partial charge in [0.25, 0.3) is 0 Å². The van der Waals surface area contributed by atoms with Crippen molar-refractivity contribution in [3.8, 4) is 0 Å². The second-order valence-electron chi connectivity index (χ2n) is 5.26. The summed E-state index contributed by atoms with van der Waals surface area (Å²) in [4.78, 5) is 22.4. The lowest BCUT2D eigenvalue weighted by Crippen LogP contribution is -2.46. The van der Waals surface area contributed by atoms with Gasteiger partial charge in [-0.1, -0.05) is 29.8 Å². The Labute approximate surface area is 112 Å². The fraction of sp³-hybridized carbons (Fsp3) is 0.467. The zero-order chi connectivity index (χ0) is 13.8. The normalized spacial score (nSPS) is 21.5. The molecule has 0 bridgehead atoms. The van der Waals surface area contributed by atoms with Crippen molar-refractivity contribution in [1.82, 2.24) is 5.32 Å². The van der Waals surface area contributed by atoms with Crippen molar-refractivity contribution in [2.45, 2.75) is 38.6 Å². The number of benzene rings is 1. The lowest BCUT2D eigenvalue weighted by atomic mass is 9.80. The summed E-state index contributed by atoms with van der Waals surface area (Å²) in [6, 6.07) is 8.17. The second kappa shape index (κ2) is 5.87. The quantitative estimate of drug-likeness (QED) is 0.850. The lowest BCUT2D eigenvalue weighted by molar-refractivity contribution is -0.146. The summed E-state index contributed by atoms with van der Waals surface area (Å²) in [5, 5.41) is 11.6. The molecule has 4 heteroatoms. The molecule has 0 aromatic heterocycles. The molecule has 102 valence electrons. The van der Waals surface area contributed by atoms with Crippen molar-refractivity contribution >= 4 is 11.9 Å². The third kappa shape index (κ3) is 3.81. The van der Waals surface area contributed by atoms with Crippen molar-refractivity contribution in [2.24, 2.45) is 5.92 Å². The van der Waals surface area contributed by atoms with E-state index < -0.39 is 5.97 Å². The first-order valence-corrected chi connectivity index (χ1v) is 6.62. The Morgan fingerprint density at radius 3 is 2.74 bits per heavy atom. The number of nitrogens with one attached hydrogen (secondary N) is 1. The van der Waals surface area contributed by atoms with E-state index in [-0.39, 0.29) is 17.9 Å². The number of carbonyl (C=O) groups excluding carboxylic acids is 1. The molecule has 0 radical (unpaired) electrons. The summed E-state index contributed by atoms with van der Waals surface area (Å²) in [5.74, 6) is -1.03. The standard InChI is InChI=1S/C15H19NO3/c1-10-3-2-4-11(7-10)5-6-14(17)16-13-8-12(9-13)15(18)19/h2-4,7,12-13H,5-6,8-9H2,1H3,(H,16,17)(H,18,19). The van der Waals surface area contributed by atoms with Crippen molar-refractivity contribution in [2.75, 3.05) is 0 Å². The molecular weight excluding hydrogens is 242 g/mol. The number of aryl methyl sites for hydroxylation is 2. The van der Waals surface area contributed by atoms with Crippen LogP contribution in [0.3, 0.4) is 0 Å². The maximum Gasteiger partial charge on any atom is 0.306 e. The third-order valence-electron chi connectivity index (χ3n) is 3.58. The highest BCUT2D eigenvalue weighted by Gasteiger charge is 2.34. The predicted octanol–water partition coefficient (Wildman–Crippen LogP) is 1.91. The Morgan fingerprint density at radius 1 is 1.37 bits per heavy atom. The second-order valence-corrected chi connectivity index (χ2v) is 5.26. The molecule has 4 nitrogen and oxygen atoms in total. The monoisotopic (exact) mass is 261 g/mol. The third-order valence-corrected chi connectivity index (χ3v) is 3.58. The number of carboxylic acids is 1. The molecule has 1 fully saturated rings. The van der Waals surface area contributed by atoms with Crippen molar-refractivity contribution < 1.29 is 14.7 Å². The van der Waals surface area contributed by atoms with Crippen LogP contribution in [0.1, 0.15) is 30.4 Å². The van der Waals surface area contributed by atoms with Gasteiger partial charge in [0, 0.05) is 12.5 Å². The highest BCUT2D eigenvalue weighted by atomic mass is 16.4. The predicted molar refractivity (Wildman–Crippen MR) is 71.8 cm³/mol. The van der Waals surface area contributed by atoms with Gasteiger partial charge in [0.05, 0.1) is 5.92 Å². The first kappa shape index (κ1) is 13.6. The summed E-state index contributed by atoms with van der Waals surface area (Å²) in [7, 11) is 0. The maximum atomic E-state index is 11.7. The van der Waals surface area contributed by atoms with E-state index in [0.29, 0.717) is 19.3 Å².